The zero-order chi connectivity index (χ0) is 23.6. The minimum atomic E-state index is 0.0810. The van der Waals surface area contributed by atoms with Crippen LogP contribution in [0.15, 0.2) is 52.9 Å². The van der Waals surface area contributed by atoms with Crippen molar-refractivity contribution < 1.29 is 4.42 Å². The van der Waals surface area contributed by atoms with E-state index in [1.165, 1.54) is 44.2 Å². The molecule has 0 aliphatic heterocycles. The van der Waals surface area contributed by atoms with Crippen molar-refractivity contribution in [1.29, 1.82) is 0 Å². The van der Waals surface area contributed by atoms with Gasteiger partial charge in [0, 0.05) is 10.8 Å². The molecule has 3 aromatic carbocycles. The maximum absolute atomic E-state index is 6.36. The van der Waals surface area contributed by atoms with Gasteiger partial charge in [-0.15, -0.1) is 0 Å². The Kier molecular flexibility index (Phi) is 5.12. The molecule has 0 radical (unpaired) electrons. The highest BCUT2D eigenvalue weighted by Gasteiger charge is 2.24. The van der Waals surface area contributed by atoms with E-state index in [2.05, 4.69) is 118 Å². The molecule has 0 aliphatic carbocycles. The van der Waals surface area contributed by atoms with Gasteiger partial charge in [-0.05, 0) is 68.7 Å². The number of fused-ring (bicyclic) bond motifs is 3. The fourth-order valence-electron chi connectivity index (χ4n) is 4.78. The monoisotopic (exact) mass is 426 g/mol. The third-order valence-electron chi connectivity index (χ3n) is 6.71. The Morgan fingerprint density at radius 2 is 1.16 bits per heavy atom. The van der Waals surface area contributed by atoms with Crippen LogP contribution in [0.1, 0.15) is 84.6 Å². The topological polar surface area (TPSA) is 13.1 Å². The summed E-state index contributed by atoms with van der Waals surface area (Å²) in [7, 11) is 0. The summed E-state index contributed by atoms with van der Waals surface area (Å²) in [5.74, 6) is 0. The van der Waals surface area contributed by atoms with Crippen LogP contribution in [-0.4, -0.2) is 0 Å². The van der Waals surface area contributed by atoms with Crippen LogP contribution < -0.4 is 0 Å². The molecule has 0 unspecified atom stereocenters. The lowest BCUT2D eigenvalue weighted by Gasteiger charge is -2.26. The van der Waals surface area contributed by atoms with Crippen molar-refractivity contribution >= 4 is 21.9 Å². The smallest absolute Gasteiger partial charge is 0.136 e. The van der Waals surface area contributed by atoms with Crippen molar-refractivity contribution in [3.63, 3.8) is 0 Å². The first kappa shape index (κ1) is 22.6. The second-order valence-corrected chi connectivity index (χ2v) is 12.4. The van der Waals surface area contributed by atoms with Crippen molar-refractivity contribution in [2.75, 3.05) is 0 Å². The van der Waals surface area contributed by atoms with E-state index in [4.69, 9.17) is 4.42 Å². The molecule has 1 aromatic heterocycles. The summed E-state index contributed by atoms with van der Waals surface area (Å²) in [6.45, 7) is 22.9. The number of benzene rings is 3. The summed E-state index contributed by atoms with van der Waals surface area (Å²) < 4.78 is 6.36. The highest BCUT2D eigenvalue weighted by atomic mass is 16.3. The lowest BCUT2D eigenvalue weighted by molar-refractivity contribution is 0.569. The first-order valence-electron chi connectivity index (χ1n) is 11.8. The SMILES string of the molecule is Cc1c(C(C)(C)C)ccc2oc3cccc(-c4cc(C(C)(C)C)cc(C(C)(C)C)c4)c3c12. The van der Waals surface area contributed by atoms with Crippen LogP contribution in [0.2, 0.25) is 0 Å². The summed E-state index contributed by atoms with van der Waals surface area (Å²) >= 11 is 0. The molecule has 0 fully saturated rings. The molecule has 4 rings (SSSR count). The molecule has 1 heteroatoms. The molecular weight excluding hydrogens is 388 g/mol. The molecule has 0 N–H and O–H groups in total. The summed E-state index contributed by atoms with van der Waals surface area (Å²) in [4.78, 5) is 0. The summed E-state index contributed by atoms with van der Waals surface area (Å²) in [6, 6.07) is 18.0. The standard InChI is InChI=1S/C31H38O/c1-19-24(31(8,9)10)14-15-26-27(19)28-23(12-11-13-25(28)32-26)20-16-21(29(2,3)4)18-22(17-20)30(5,6)7/h11-18H,1-10H3. The van der Waals surface area contributed by atoms with Gasteiger partial charge in [-0.3, -0.25) is 0 Å². The second-order valence-electron chi connectivity index (χ2n) is 12.4. The maximum Gasteiger partial charge on any atom is 0.136 e. The Morgan fingerprint density at radius 3 is 1.69 bits per heavy atom. The van der Waals surface area contributed by atoms with Crippen molar-refractivity contribution in [2.45, 2.75) is 85.5 Å². The van der Waals surface area contributed by atoms with Crippen LogP contribution in [0.5, 0.6) is 0 Å². The molecule has 32 heavy (non-hydrogen) atoms. The molecule has 168 valence electrons. The molecule has 0 saturated heterocycles. The van der Waals surface area contributed by atoms with Gasteiger partial charge in [0.1, 0.15) is 11.2 Å². The van der Waals surface area contributed by atoms with Crippen LogP contribution >= 0.6 is 0 Å². The Hall–Kier alpha value is -2.54. The Balaban J connectivity index is 2.11. The van der Waals surface area contributed by atoms with Gasteiger partial charge in [0.15, 0.2) is 0 Å². The minimum absolute atomic E-state index is 0.0810. The average molecular weight is 427 g/mol. The van der Waals surface area contributed by atoms with Crippen LogP contribution in [0.3, 0.4) is 0 Å². The normalized spacial score (nSPS) is 13.3. The summed E-state index contributed by atoms with van der Waals surface area (Å²) in [5, 5.41) is 2.48. The molecule has 0 bridgehead atoms. The number of aryl methyl sites for hydroxylation is 1. The number of furan rings is 1. The Morgan fingerprint density at radius 1 is 0.594 bits per heavy atom. The molecule has 0 atom stereocenters. The molecule has 0 spiro atoms. The van der Waals surface area contributed by atoms with Gasteiger partial charge >= 0.3 is 0 Å². The molecule has 0 saturated carbocycles. The fourth-order valence-corrected chi connectivity index (χ4v) is 4.78. The van der Waals surface area contributed by atoms with Gasteiger partial charge < -0.3 is 4.42 Å². The maximum atomic E-state index is 6.36. The van der Waals surface area contributed by atoms with Crippen molar-refractivity contribution in [1.82, 2.24) is 0 Å². The molecule has 0 amide bonds. The van der Waals surface area contributed by atoms with E-state index in [-0.39, 0.29) is 16.2 Å². The van der Waals surface area contributed by atoms with Crippen LogP contribution in [0.4, 0.5) is 0 Å². The van der Waals surface area contributed by atoms with Crippen LogP contribution in [0.25, 0.3) is 33.1 Å². The van der Waals surface area contributed by atoms with E-state index in [9.17, 15) is 0 Å². The van der Waals surface area contributed by atoms with Gasteiger partial charge in [0.05, 0.1) is 0 Å². The fraction of sp³-hybridized carbons (Fsp3) is 0.419. The molecule has 1 nitrogen and oxygen atoms in total. The summed E-state index contributed by atoms with van der Waals surface area (Å²) in [6.07, 6.45) is 0. The van der Waals surface area contributed by atoms with Gasteiger partial charge in [-0.1, -0.05) is 98.7 Å². The minimum Gasteiger partial charge on any atom is -0.456 e. The predicted molar refractivity (Wildman–Crippen MR) is 140 cm³/mol. The second kappa shape index (κ2) is 7.24. The molecule has 0 aliphatic rings. The van der Waals surface area contributed by atoms with E-state index in [0.717, 1.165) is 11.2 Å². The predicted octanol–water partition coefficient (Wildman–Crippen LogP) is 9.45. The van der Waals surface area contributed by atoms with Gasteiger partial charge in [0.2, 0.25) is 0 Å². The van der Waals surface area contributed by atoms with Gasteiger partial charge in [-0.25, -0.2) is 0 Å². The number of hydrogen-bond donors (Lipinski definition) is 0. The quantitative estimate of drug-likeness (QED) is 0.295. The van der Waals surface area contributed by atoms with E-state index < -0.39 is 0 Å². The Bertz CT molecular complexity index is 1280. The third-order valence-corrected chi connectivity index (χ3v) is 6.71. The van der Waals surface area contributed by atoms with Crippen LogP contribution in [-0.2, 0) is 16.2 Å². The largest absolute Gasteiger partial charge is 0.456 e. The number of rotatable bonds is 1. The van der Waals surface area contributed by atoms with Gasteiger partial charge in [-0.2, -0.15) is 0 Å². The number of hydrogen-bond acceptors (Lipinski definition) is 1. The third kappa shape index (κ3) is 3.87. The van der Waals surface area contributed by atoms with Crippen molar-refractivity contribution in [3.05, 3.63) is 70.8 Å². The molecule has 1 heterocycles. The van der Waals surface area contributed by atoms with E-state index in [0.29, 0.717) is 0 Å². The van der Waals surface area contributed by atoms with E-state index >= 15 is 0 Å². The van der Waals surface area contributed by atoms with Crippen LogP contribution in [0, 0.1) is 6.92 Å². The van der Waals surface area contributed by atoms with Crippen molar-refractivity contribution in [3.8, 4) is 11.1 Å². The molecular formula is C31H38O. The lowest BCUT2D eigenvalue weighted by atomic mass is 9.78. The van der Waals surface area contributed by atoms with Crippen molar-refractivity contribution in [2.24, 2.45) is 0 Å². The van der Waals surface area contributed by atoms with E-state index in [1.54, 1.807) is 0 Å². The molecule has 4 aromatic rings. The lowest BCUT2D eigenvalue weighted by Crippen LogP contribution is -2.16. The Labute approximate surface area is 193 Å². The highest BCUT2D eigenvalue weighted by Crippen LogP contribution is 2.42. The highest BCUT2D eigenvalue weighted by molar-refractivity contribution is 6.14. The zero-order valence-corrected chi connectivity index (χ0v) is 21.5. The van der Waals surface area contributed by atoms with Gasteiger partial charge in [0.25, 0.3) is 0 Å². The summed E-state index contributed by atoms with van der Waals surface area (Å²) in [5.41, 5.74) is 10.2. The first-order valence-corrected chi connectivity index (χ1v) is 11.8. The van der Waals surface area contributed by atoms with E-state index in [1.807, 2.05) is 0 Å². The first-order chi connectivity index (χ1) is 14.7. The average Bonchev–Trinajstić information content (AvgIpc) is 3.05. The zero-order valence-electron chi connectivity index (χ0n) is 21.5.